The molecule has 0 saturated carbocycles. The number of aliphatic hydroxyl groups is 1. The predicted molar refractivity (Wildman–Crippen MR) is 135 cm³/mol. The average Bonchev–Trinajstić information content (AvgIpc) is 3.28. The molecule has 1 saturated heterocycles. The van der Waals surface area contributed by atoms with Gasteiger partial charge in [0.25, 0.3) is 0 Å². The van der Waals surface area contributed by atoms with Gasteiger partial charge in [-0.3, -0.25) is 9.59 Å². The Bertz CT molecular complexity index is 1390. The van der Waals surface area contributed by atoms with Gasteiger partial charge in [0, 0.05) is 23.6 Å². The first-order chi connectivity index (χ1) is 18.7. The van der Waals surface area contributed by atoms with Gasteiger partial charge in [0.2, 0.25) is 6.10 Å². The largest absolute Gasteiger partial charge is 0.504 e. The summed E-state index contributed by atoms with van der Waals surface area (Å²) >= 11 is 0. The van der Waals surface area contributed by atoms with Gasteiger partial charge in [-0.05, 0) is 44.1 Å². The molecule has 10 nitrogen and oxygen atoms in total. The van der Waals surface area contributed by atoms with E-state index in [1.54, 1.807) is 30.3 Å². The number of esters is 2. The Morgan fingerprint density at radius 2 is 1.87 bits per heavy atom. The normalized spacial score (nSPS) is 28.9. The second kappa shape index (κ2) is 9.10. The third-order valence-electron chi connectivity index (χ3n) is 8.69. The number of carboxylic acids is 1. The van der Waals surface area contributed by atoms with Crippen molar-refractivity contribution in [2.75, 3.05) is 13.6 Å². The van der Waals surface area contributed by atoms with Crippen LogP contribution in [0.15, 0.2) is 54.3 Å². The number of nitrogens with zero attached hydrogens (tertiary/aromatic N) is 1. The molecule has 10 heteroatoms. The van der Waals surface area contributed by atoms with E-state index in [1.165, 1.54) is 12.1 Å². The van der Waals surface area contributed by atoms with Gasteiger partial charge in [0.05, 0.1) is 23.9 Å². The molecule has 0 radical (unpaired) electrons. The molecule has 2 aliphatic heterocycles. The van der Waals surface area contributed by atoms with Crippen LogP contribution in [-0.2, 0) is 35.7 Å². The Hall–Kier alpha value is -3.89. The van der Waals surface area contributed by atoms with Crippen molar-refractivity contribution in [1.82, 2.24) is 4.90 Å². The Kier molecular flexibility index (Phi) is 5.92. The highest BCUT2D eigenvalue weighted by molar-refractivity contribution is 5.82. The van der Waals surface area contributed by atoms with Crippen LogP contribution in [0.1, 0.15) is 48.5 Å². The number of phenols is 1. The van der Waals surface area contributed by atoms with Gasteiger partial charge < -0.3 is 34.4 Å². The molecule has 1 spiro atoms. The molecule has 2 aromatic carbocycles. The summed E-state index contributed by atoms with van der Waals surface area (Å²) in [5.41, 5.74) is 0.0159. The van der Waals surface area contributed by atoms with Gasteiger partial charge in [-0.15, -0.1) is 0 Å². The first-order valence-corrected chi connectivity index (χ1v) is 13.0. The highest BCUT2D eigenvalue weighted by Gasteiger charge is 2.72. The number of likely N-dealkylation sites (N-methyl/N-ethyl adjacent to an activating group) is 1. The lowest BCUT2D eigenvalue weighted by Gasteiger charge is -2.61. The molecule has 3 N–H and O–H groups in total. The number of rotatable bonds is 7. The lowest BCUT2D eigenvalue weighted by atomic mass is 9.50. The Balaban J connectivity index is 1.19. The van der Waals surface area contributed by atoms with Crippen molar-refractivity contribution in [2.45, 2.75) is 61.4 Å². The van der Waals surface area contributed by atoms with E-state index < -0.39 is 41.1 Å². The summed E-state index contributed by atoms with van der Waals surface area (Å²) in [4.78, 5) is 39.0. The van der Waals surface area contributed by atoms with E-state index in [9.17, 15) is 29.7 Å². The predicted octanol–water partition coefficient (Wildman–Crippen LogP) is 2.36. The number of piperidine rings is 1. The lowest BCUT2D eigenvalue weighted by molar-refractivity contribution is -0.170. The number of hydrogen-bond donors (Lipinski definition) is 3. The summed E-state index contributed by atoms with van der Waals surface area (Å²) in [6, 6.07) is 11.4. The maximum absolute atomic E-state index is 12.8. The Labute approximate surface area is 224 Å². The van der Waals surface area contributed by atoms with Crippen LogP contribution in [-0.4, -0.2) is 69.5 Å². The highest BCUT2D eigenvalue weighted by atomic mass is 16.6. The molecule has 5 atom stereocenters. The lowest BCUT2D eigenvalue weighted by Crippen LogP contribution is -2.74. The molecule has 0 aromatic heterocycles. The minimum Gasteiger partial charge on any atom is -0.504 e. The monoisotopic (exact) mass is 535 g/mol. The third-order valence-corrected chi connectivity index (χ3v) is 8.69. The Morgan fingerprint density at radius 3 is 2.62 bits per heavy atom. The number of aromatic hydroxyl groups is 1. The fraction of sp³-hybridized carbons (Fsp3) is 0.414. The maximum atomic E-state index is 12.8. The zero-order valence-electron chi connectivity index (χ0n) is 21.3. The number of benzene rings is 2. The molecule has 2 heterocycles. The number of aliphatic carboxylic acids is 1. The number of likely N-dealkylation sites (tertiary alicyclic amines) is 1. The van der Waals surface area contributed by atoms with E-state index in [-0.39, 0.29) is 36.8 Å². The van der Waals surface area contributed by atoms with E-state index in [1.807, 2.05) is 13.1 Å². The minimum absolute atomic E-state index is 0.0305. The van der Waals surface area contributed by atoms with Crippen molar-refractivity contribution < 1.29 is 43.9 Å². The van der Waals surface area contributed by atoms with Crippen LogP contribution in [0, 0.1) is 0 Å². The van der Waals surface area contributed by atoms with E-state index in [0.29, 0.717) is 30.7 Å². The molecule has 2 bridgehead atoms. The summed E-state index contributed by atoms with van der Waals surface area (Å²) in [6.45, 7) is 0.695. The standard InChI is InChI=1S/C29H29NO9/c1-30-14-13-28-23-17-7-8-18(31)25(23)39-26(28)19(11-12-29(28,36)20(30)15-17)37-21(32)9-10-22(33)38-24(27(34)35)16-5-3-2-4-6-16/h2-8,11,20,24,26,31,36H,9-10,12-15H2,1H3,(H,34,35)/t20-,24+,26?,28?,29-/m1/s1. The van der Waals surface area contributed by atoms with E-state index in [4.69, 9.17) is 14.2 Å². The quantitative estimate of drug-likeness (QED) is 0.452. The van der Waals surface area contributed by atoms with Crippen molar-refractivity contribution >= 4 is 17.9 Å². The average molecular weight is 536 g/mol. The van der Waals surface area contributed by atoms with E-state index in [0.717, 1.165) is 11.1 Å². The number of carbonyl (C=O) groups excluding carboxylic acids is 2. The summed E-state index contributed by atoms with van der Waals surface area (Å²) in [5.74, 6) is -2.36. The first kappa shape index (κ1) is 25.4. The molecule has 204 valence electrons. The van der Waals surface area contributed by atoms with Gasteiger partial charge >= 0.3 is 17.9 Å². The molecule has 2 aliphatic carbocycles. The molecule has 2 aromatic rings. The van der Waals surface area contributed by atoms with Crippen LogP contribution >= 0.6 is 0 Å². The summed E-state index contributed by atoms with van der Waals surface area (Å²) in [7, 11) is 1.98. The van der Waals surface area contributed by atoms with Gasteiger partial charge in [0.15, 0.2) is 17.6 Å². The van der Waals surface area contributed by atoms with Crippen molar-refractivity contribution in [3.63, 3.8) is 0 Å². The Morgan fingerprint density at radius 1 is 1.13 bits per heavy atom. The van der Waals surface area contributed by atoms with Gasteiger partial charge in [-0.1, -0.05) is 36.4 Å². The second-order valence-corrected chi connectivity index (χ2v) is 10.7. The molecular formula is C29H29NO9. The minimum atomic E-state index is -1.48. The number of ether oxygens (including phenoxy) is 3. The van der Waals surface area contributed by atoms with Crippen LogP contribution in [0.25, 0.3) is 0 Å². The molecule has 39 heavy (non-hydrogen) atoms. The van der Waals surface area contributed by atoms with Crippen LogP contribution in [0.2, 0.25) is 0 Å². The van der Waals surface area contributed by atoms with Crippen molar-refractivity contribution in [3.05, 3.63) is 71.0 Å². The van der Waals surface area contributed by atoms with Crippen LogP contribution in [0.5, 0.6) is 11.5 Å². The number of phenolic OH excluding ortho intramolecular Hbond substituents is 1. The fourth-order valence-electron chi connectivity index (χ4n) is 6.90. The molecular weight excluding hydrogens is 506 g/mol. The molecule has 1 fully saturated rings. The van der Waals surface area contributed by atoms with Crippen LogP contribution in [0.3, 0.4) is 0 Å². The van der Waals surface area contributed by atoms with Crippen molar-refractivity contribution in [3.8, 4) is 11.5 Å². The van der Waals surface area contributed by atoms with E-state index in [2.05, 4.69) is 4.90 Å². The van der Waals surface area contributed by atoms with Crippen LogP contribution in [0.4, 0.5) is 0 Å². The third kappa shape index (κ3) is 3.73. The van der Waals surface area contributed by atoms with Crippen LogP contribution < -0.4 is 4.74 Å². The second-order valence-electron chi connectivity index (χ2n) is 10.7. The fourth-order valence-corrected chi connectivity index (χ4v) is 6.90. The highest BCUT2D eigenvalue weighted by Crippen LogP contribution is 2.65. The zero-order chi connectivity index (χ0) is 27.5. The van der Waals surface area contributed by atoms with Crippen molar-refractivity contribution in [1.29, 1.82) is 0 Å². The SMILES string of the molecule is CN1CCC23c4c5ccc(O)c4OC2C(OC(=O)CCC(=O)O[C@H](C(=O)O)c2ccccc2)=CC[C@@]3(O)[C@H]1C5. The maximum Gasteiger partial charge on any atom is 0.349 e. The van der Waals surface area contributed by atoms with Gasteiger partial charge in [-0.25, -0.2) is 4.79 Å². The number of carboxylic acid groups (broad SMARTS) is 1. The van der Waals surface area contributed by atoms with E-state index >= 15 is 0 Å². The molecule has 4 aliphatic rings. The topological polar surface area (TPSA) is 143 Å². The summed E-state index contributed by atoms with van der Waals surface area (Å²) in [6.07, 6.45) is 0.0368. The number of hydrogen-bond acceptors (Lipinski definition) is 9. The first-order valence-electron chi connectivity index (χ1n) is 13.0. The molecule has 6 rings (SSSR count). The van der Waals surface area contributed by atoms with Gasteiger partial charge in [-0.2, -0.15) is 0 Å². The number of carbonyl (C=O) groups is 3. The van der Waals surface area contributed by atoms with Gasteiger partial charge in [0.1, 0.15) is 5.76 Å². The summed E-state index contributed by atoms with van der Waals surface area (Å²) in [5, 5.41) is 32.2. The zero-order valence-corrected chi connectivity index (χ0v) is 21.3. The smallest absolute Gasteiger partial charge is 0.349 e. The van der Waals surface area contributed by atoms with Crippen molar-refractivity contribution in [2.24, 2.45) is 0 Å². The molecule has 2 unspecified atom stereocenters. The molecule has 0 amide bonds. The summed E-state index contributed by atoms with van der Waals surface area (Å²) < 4.78 is 17.1.